The molecule has 2 atom stereocenters. The fraction of sp³-hybridized carbons (Fsp3) is 0.611. The molecule has 3 N–H and O–H groups in total. The van der Waals surface area contributed by atoms with E-state index < -0.39 is 16.1 Å². The number of hydrogen-bond donors (Lipinski definition) is 2. The second-order valence-corrected chi connectivity index (χ2v) is 8.92. The van der Waals surface area contributed by atoms with Gasteiger partial charge in [0, 0.05) is 13.1 Å². The van der Waals surface area contributed by atoms with Gasteiger partial charge in [0.1, 0.15) is 6.04 Å². The highest BCUT2D eigenvalue weighted by Gasteiger charge is 2.40. The van der Waals surface area contributed by atoms with E-state index >= 15 is 0 Å². The smallest absolute Gasteiger partial charge is 0.244 e. The summed E-state index contributed by atoms with van der Waals surface area (Å²) >= 11 is 0. The summed E-state index contributed by atoms with van der Waals surface area (Å²) in [5.74, 6) is -0.0687. The van der Waals surface area contributed by atoms with Crippen LogP contribution < -0.4 is 11.1 Å². The van der Waals surface area contributed by atoms with Crippen molar-refractivity contribution in [2.75, 3.05) is 19.6 Å². The quantitative estimate of drug-likeness (QED) is 0.796. The van der Waals surface area contributed by atoms with Crippen molar-refractivity contribution in [2.24, 2.45) is 11.7 Å². The molecule has 0 aromatic heterocycles. The molecule has 1 aliphatic heterocycles. The van der Waals surface area contributed by atoms with Crippen LogP contribution in [0.3, 0.4) is 0 Å². The molecular formula is C18H29N3O3S. The second kappa shape index (κ2) is 7.85. The number of nitrogens with zero attached hydrogens (tertiary/aromatic N) is 1. The Balaban J connectivity index is 2.28. The van der Waals surface area contributed by atoms with Crippen LogP contribution in [0.2, 0.25) is 0 Å². The maximum atomic E-state index is 13.2. The number of sulfonamides is 1. The molecule has 0 bridgehead atoms. The molecule has 0 saturated carbocycles. The van der Waals surface area contributed by atoms with Crippen LogP contribution >= 0.6 is 0 Å². The van der Waals surface area contributed by atoms with Gasteiger partial charge in [-0.15, -0.1) is 0 Å². The number of hydrogen-bond acceptors (Lipinski definition) is 4. The first-order valence-electron chi connectivity index (χ1n) is 8.76. The summed E-state index contributed by atoms with van der Waals surface area (Å²) in [6, 6.07) is 3.09. The van der Waals surface area contributed by atoms with Gasteiger partial charge in [-0.25, -0.2) is 8.42 Å². The third kappa shape index (κ3) is 4.22. The Morgan fingerprint density at radius 2 is 1.92 bits per heavy atom. The number of benzene rings is 1. The van der Waals surface area contributed by atoms with Crippen LogP contribution in [-0.2, 0) is 14.8 Å². The van der Waals surface area contributed by atoms with Gasteiger partial charge in [0.25, 0.3) is 0 Å². The van der Waals surface area contributed by atoms with Gasteiger partial charge >= 0.3 is 0 Å². The third-order valence-corrected chi connectivity index (χ3v) is 6.92. The normalized spacial score (nSPS) is 19.8. The molecule has 1 aromatic carbocycles. The maximum Gasteiger partial charge on any atom is 0.244 e. The monoisotopic (exact) mass is 367 g/mol. The second-order valence-electron chi connectivity index (χ2n) is 7.09. The predicted molar refractivity (Wildman–Crippen MR) is 98.8 cm³/mol. The van der Waals surface area contributed by atoms with Gasteiger partial charge in [0.2, 0.25) is 15.9 Å². The molecule has 25 heavy (non-hydrogen) atoms. The van der Waals surface area contributed by atoms with E-state index in [1.54, 1.807) is 13.8 Å². The third-order valence-electron chi connectivity index (χ3n) is 4.70. The van der Waals surface area contributed by atoms with Crippen LogP contribution in [0.1, 0.15) is 36.5 Å². The minimum absolute atomic E-state index is 0.164. The Hall–Kier alpha value is -1.44. The first kappa shape index (κ1) is 19.9. The van der Waals surface area contributed by atoms with Crippen LogP contribution in [0, 0.1) is 26.7 Å². The molecule has 1 aliphatic rings. The highest BCUT2D eigenvalue weighted by molar-refractivity contribution is 7.89. The molecule has 7 heteroatoms. The zero-order valence-electron chi connectivity index (χ0n) is 15.5. The molecule has 1 aromatic rings. The summed E-state index contributed by atoms with van der Waals surface area (Å²) < 4.78 is 27.8. The lowest BCUT2D eigenvalue weighted by Crippen LogP contribution is -2.47. The maximum absolute atomic E-state index is 13.2. The number of carbonyl (C=O) groups is 1. The molecular weight excluding hydrogens is 338 g/mol. The molecule has 6 nitrogen and oxygen atoms in total. The van der Waals surface area contributed by atoms with Gasteiger partial charge in [-0.3, -0.25) is 4.79 Å². The SMILES string of the molecule is Cc1cc(C)c(S(=O)(=O)N2CCCC2C(=O)NCC(C)CN)c(C)c1. The fourth-order valence-electron chi connectivity index (χ4n) is 3.46. The van der Waals surface area contributed by atoms with Crippen LogP contribution in [0.15, 0.2) is 17.0 Å². The van der Waals surface area contributed by atoms with E-state index in [2.05, 4.69) is 5.32 Å². The van der Waals surface area contributed by atoms with Gasteiger partial charge in [0.05, 0.1) is 4.90 Å². The average molecular weight is 368 g/mol. The summed E-state index contributed by atoms with van der Waals surface area (Å²) in [7, 11) is -3.71. The lowest BCUT2D eigenvalue weighted by atomic mass is 10.1. The van der Waals surface area contributed by atoms with E-state index in [1.165, 1.54) is 4.31 Å². The van der Waals surface area contributed by atoms with E-state index in [9.17, 15) is 13.2 Å². The minimum Gasteiger partial charge on any atom is -0.354 e. The first-order chi connectivity index (χ1) is 11.7. The Kier molecular flexibility index (Phi) is 6.24. The van der Waals surface area contributed by atoms with Crippen molar-refractivity contribution in [1.29, 1.82) is 0 Å². The van der Waals surface area contributed by atoms with Crippen molar-refractivity contribution in [3.05, 3.63) is 28.8 Å². The summed E-state index contributed by atoms with van der Waals surface area (Å²) in [5.41, 5.74) is 8.05. The van der Waals surface area contributed by atoms with Crippen LogP contribution in [-0.4, -0.2) is 44.3 Å². The van der Waals surface area contributed by atoms with E-state index in [0.717, 1.165) is 16.7 Å². The summed E-state index contributed by atoms with van der Waals surface area (Å²) in [5, 5.41) is 2.84. The Morgan fingerprint density at radius 1 is 1.32 bits per heavy atom. The number of rotatable bonds is 6. The molecule has 140 valence electrons. The standard InChI is InChI=1S/C18H29N3O3S/c1-12-8-14(3)17(15(4)9-12)25(23,24)21-7-5-6-16(21)18(22)20-11-13(2)10-19/h8-9,13,16H,5-7,10-11,19H2,1-4H3,(H,20,22). The molecule has 2 unspecified atom stereocenters. The highest BCUT2D eigenvalue weighted by Crippen LogP contribution is 2.30. The van der Waals surface area contributed by atoms with E-state index in [4.69, 9.17) is 5.73 Å². The van der Waals surface area contributed by atoms with E-state index in [-0.39, 0.29) is 11.8 Å². The van der Waals surface area contributed by atoms with Crippen molar-refractivity contribution >= 4 is 15.9 Å². The molecule has 2 rings (SSSR count). The van der Waals surface area contributed by atoms with Crippen LogP contribution in [0.4, 0.5) is 0 Å². The Bertz CT molecular complexity index is 723. The minimum atomic E-state index is -3.71. The number of nitrogens with two attached hydrogens (primary N) is 1. The van der Waals surface area contributed by atoms with Gasteiger partial charge in [0.15, 0.2) is 0 Å². The summed E-state index contributed by atoms with van der Waals surface area (Å²) in [4.78, 5) is 12.8. The van der Waals surface area contributed by atoms with Crippen molar-refractivity contribution < 1.29 is 13.2 Å². The molecule has 0 aliphatic carbocycles. The largest absolute Gasteiger partial charge is 0.354 e. The van der Waals surface area contributed by atoms with E-state index in [1.807, 2.05) is 26.0 Å². The topological polar surface area (TPSA) is 92.5 Å². The summed E-state index contributed by atoms with van der Waals surface area (Å²) in [6.45, 7) is 8.82. The number of nitrogens with one attached hydrogen (secondary N) is 1. The lowest BCUT2D eigenvalue weighted by molar-refractivity contribution is -0.124. The lowest BCUT2D eigenvalue weighted by Gasteiger charge is -2.25. The molecule has 0 radical (unpaired) electrons. The van der Waals surface area contributed by atoms with Crippen LogP contribution in [0.5, 0.6) is 0 Å². The van der Waals surface area contributed by atoms with Crippen molar-refractivity contribution in [2.45, 2.75) is 51.5 Å². The number of aryl methyl sites for hydroxylation is 3. The fourth-order valence-corrected chi connectivity index (χ4v) is 5.53. The summed E-state index contributed by atoms with van der Waals surface area (Å²) in [6.07, 6.45) is 1.24. The Morgan fingerprint density at radius 3 is 2.48 bits per heavy atom. The zero-order chi connectivity index (χ0) is 18.8. The molecule has 1 amide bonds. The van der Waals surface area contributed by atoms with Gasteiger partial charge in [-0.1, -0.05) is 24.6 Å². The number of carbonyl (C=O) groups excluding carboxylic acids is 1. The van der Waals surface area contributed by atoms with Crippen LogP contribution in [0.25, 0.3) is 0 Å². The van der Waals surface area contributed by atoms with Crippen molar-refractivity contribution in [1.82, 2.24) is 9.62 Å². The Labute approximate surface area is 150 Å². The van der Waals surface area contributed by atoms with Crippen molar-refractivity contribution in [3.8, 4) is 0 Å². The predicted octanol–water partition coefficient (Wildman–Crippen LogP) is 1.48. The van der Waals surface area contributed by atoms with Gasteiger partial charge in [-0.05, 0) is 57.2 Å². The van der Waals surface area contributed by atoms with Gasteiger partial charge in [-0.2, -0.15) is 4.31 Å². The van der Waals surface area contributed by atoms with E-state index in [0.29, 0.717) is 37.4 Å². The zero-order valence-corrected chi connectivity index (χ0v) is 16.3. The molecule has 1 heterocycles. The molecule has 1 saturated heterocycles. The first-order valence-corrected chi connectivity index (χ1v) is 10.2. The number of amides is 1. The van der Waals surface area contributed by atoms with Crippen molar-refractivity contribution in [3.63, 3.8) is 0 Å². The molecule has 1 fully saturated rings. The highest BCUT2D eigenvalue weighted by atomic mass is 32.2. The van der Waals surface area contributed by atoms with Gasteiger partial charge < -0.3 is 11.1 Å². The average Bonchev–Trinajstić information content (AvgIpc) is 3.01. The molecule has 0 spiro atoms.